The lowest BCUT2D eigenvalue weighted by Gasteiger charge is -2.18. The number of ether oxygens (including phenoxy) is 1. The highest BCUT2D eigenvalue weighted by Gasteiger charge is 2.33. The molecule has 3 aromatic rings. The molecule has 24 heavy (non-hydrogen) atoms. The van der Waals surface area contributed by atoms with Crippen LogP contribution in [0.5, 0.6) is 5.75 Å². The molecule has 0 fully saturated rings. The first-order chi connectivity index (χ1) is 11.8. The number of anilines is 1. The molecule has 0 saturated heterocycles. The van der Waals surface area contributed by atoms with Crippen LogP contribution in [0, 0.1) is 0 Å². The SMILES string of the molecule is O=C(c1noc2c1COc1ccccc1-2)N1CCc2ccccc21. The Kier molecular flexibility index (Phi) is 2.76. The number of carbonyl (C=O) groups is 1. The minimum Gasteiger partial charge on any atom is -0.488 e. The first-order valence-corrected chi connectivity index (χ1v) is 7.93. The highest BCUT2D eigenvalue weighted by Crippen LogP contribution is 2.39. The minimum absolute atomic E-state index is 0.132. The average molecular weight is 318 g/mol. The Labute approximate surface area is 138 Å². The van der Waals surface area contributed by atoms with Crippen LogP contribution in [-0.4, -0.2) is 17.6 Å². The number of para-hydroxylation sites is 2. The lowest BCUT2D eigenvalue weighted by atomic mass is 10.0. The van der Waals surface area contributed by atoms with Crippen LogP contribution < -0.4 is 9.64 Å². The molecule has 2 aliphatic rings. The average Bonchev–Trinajstić information content (AvgIpc) is 3.25. The van der Waals surface area contributed by atoms with Crippen molar-refractivity contribution >= 4 is 11.6 Å². The lowest BCUT2D eigenvalue weighted by Crippen LogP contribution is -2.30. The maximum Gasteiger partial charge on any atom is 0.280 e. The number of amides is 1. The molecule has 1 amide bonds. The van der Waals surface area contributed by atoms with E-state index in [1.807, 2.05) is 42.5 Å². The molecule has 0 spiro atoms. The number of benzene rings is 2. The number of carbonyl (C=O) groups excluding carboxylic acids is 1. The third kappa shape index (κ3) is 1.81. The van der Waals surface area contributed by atoms with Crippen LogP contribution >= 0.6 is 0 Å². The Hall–Kier alpha value is -3.08. The Morgan fingerprint density at radius 2 is 1.92 bits per heavy atom. The van der Waals surface area contributed by atoms with Gasteiger partial charge >= 0.3 is 0 Å². The second-order valence-corrected chi connectivity index (χ2v) is 5.96. The van der Waals surface area contributed by atoms with Gasteiger partial charge in [0.05, 0.1) is 11.1 Å². The fraction of sp³-hybridized carbons (Fsp3) is 0.158. The van der Waals surface area contributed by atoms with Crippen LogP contribution in [0.1, 0.15) is 21.6 Å². The molecular weight excluding hydrogens is 304 g/mol. The van der Waals surface area contributed by atoms with Gasteiger partial charge in [-0.3, -0.25) is 4.79 Å². The summed E-state index contributed by atoms with van der Waals surface area (Å²) >= 11 is 0. The van der Waals surface area contributed by atoms with E-state index in [0.717, 1.165) is 29.0 Å². The van der Waals surface area contributed by atoms with Crippen molar-refractivity contribution in [1.29, 1.82) is 0 Å². The summed E-state index contributed by atoms with van der Waals surface area (Å²) in [5.41, 5.74) is 4.05. The van der Waals surface area contributed by atoms with E-state index in [1.54, 1.807) is 4.90 Å². The van der Waals surface area contributed by atoms with Gasteiger partial charge in [-0.25, -0.2) is 0 Å². The Morgan fingerprint density at radius 3 is 2.88 bits per heavy atom. The molecule has 0 unspecified atom stereocenters. The van der Waals surface area contributed by atoms with Crippen molar-refractivity contribution in [2.24, 2.45) is 0 Å². The molecule has 1 aromatic heterocycles. The second-order valence-electron chi connectivity index (χ2n) is 5.96. The summed E-state index contributed by atoms with van der Waals surface area (Å²) in [5.74, 6) is 1.26. The normalized spacial score (nSPS) is 14.6. The quantitative estimate of drug-likeness (QED) is 0.690. The molecule has 5 heteroatoms. The van der Waals surface area contributed by atoms with Crippen LogP contribution in [0.4, 0.5) is 5.69 Å². The smallest absolute Gasteiger partial charge is 0.280 e. The summed E-state index contributed by atoms with van der Waals surface area (Å²) in [4.78, 5) is 14.8. The maximum absolute atomic E-state index is 13.0. The summed E-state index contributed by atoms with van der Waals surface area (Å²) in [6, 6.07) is 15.6. The first kappa shape index (κ1) is 13.4. The van der Waals surface area contributed by atoms with Gasteiger partial charge in [0.1, 0.15) is 12.4 Å². The van der Waals surface area contributed by atoms with Crippen LogP contribution in [0.2, 0.25) is 0 Å². The molecule has 2 aromatic carbocycles. The first-order valence-electron chi connectivity index (χ1n) is 7.93. The predicted octanol–water partition coefficient (Wildman–Crippen LogP) is 3.44. The van der Waals surface area contributed by atoms with E-state index >= 15 is 0 Å². The van der Waals surface area contributed by atoms with Crippen LogP contribution in [0.25, 0.3) is 11.3 Å². The molecule has 2 aliphatic heterocycles. The predicted molar refractivity (Wildman–Crippen MR) is 88.1 cm³/mol. The minimum atomic E-state index is -0.132. The Bertz CT molecular complexity index is 961. The number of nitrogens with zero attached hydrogens (tertiary/aromatic N) is 2. The van der Waals surface area contributed by atoms with Crippen molar-refractivity contribution in [3.8, 4) is 17.1 Å². The number of aromatic nitrogens is 1. The maximum atomic E-state index is 13.0. The van der Waals surface area contributed by atoms with Gasteiger partial charge in [0.2, 0.25) is 0 Å². The Balaban J connectivity index is 1.56. The summed E-state index contributed by atoms with van der Waals surface area (Å²) < 4.78 is 11.3. The number of rotatable bonds is 1. The third-order valence-electron chi connectivity index (χ3n) is 4.63. The number of hydrogen-bond donors (Lipinski definition) is 0. The van der Waals surface area contributed by atoms with E-state index < -0.39 is 0 Å². The Morgan fingerprint density at radius 1 is 1.08 bits per heavy atom. The molecule has 0 radical (unpaired) electrons. The molecule has 5 rings (SSSR count). The summed E-state index contributed by atoms with van der Waals surface area (Å²) in [5, 5.41) is 4.07. The van der Waals surface area contributed by atoms with Gasteiger partial charge < -0.3 is 14.2 Å². The highest BCUT2D eigenvalue weighted by atomic mass is 16.5. The lowest BCUT2D eigenvalue weighted by molar-refractivity contribution is 0.0978. The molecule has 118 valence electrons. The summed E-state index contributed by atoms with van der Waals surface area (Å²) in [6.45, 7) is 0.962. The monoisotopic (exact) mass is 318 g/mol. The molecule has 3 heterocycles. The van der Waals surface area contributed by atoms with Gasteiger partial charge in [0.25, 0.3) is 5.91 Å². The van der Waals surface area contributed by atoms with Crippen molar-refractivity contribution in [3.05, 3.63) is 65.4 Å². The van der Waals surface area contributed by atoms with E-state index in [2.05, 4.69) is 11.2 Å². The fourth-order valence-corrected chi connectivity index (χ4v) is 3.43. The van der Waals surface area contributed by atoms with Gasteiger partial charge in [-0.1, -0.05) is 35.5 Å². The van der Waals surface area contributed by atoms with E-state index in [9.17, 15) is 4.79 Å². The molecule has 0 saturated carbocycles. The van der Waals surface area contributed by atoms with Crippen LogP contribution in [0.3, 0.4) is 0 Å². The van der Waals surface area contributed by atoms with Gasteiger partial charge in [-0.05, 0) is 30.2 Å². The summed E-state index contributed by atoms with van der Waals surface area (Å²) in [6.07, 6.45) is 0.862. The molecule has 0 atom stereocenters. The number of hydrogen-bond acceptors (Lipinski definition) is 4. The molecule has 5 nitrogen and oxygen atoms in total. The van der Waals surface area contributed by atoms with Crippen LogP contribution in [0.15, 0.2) is 53.1 Å². The van der Waals surface area contributed by atoms with Gasteiger partial charge in [0, 0.05) is 12.2 Å². The van der Waals surface area contributed by atoms with E-state index in [1.165, 1.54) is 5.56 Å². The fourth-order valence-electron chi connectivity index (χ4n) is 3.43. The van der Waals surface area contributed by atoms with Gasteiger partial charge in [-0.15, -0.1) is 0 Å². The van der Waals surface area contributed by atoms with Crippen LogP contribution in [-0.2, 0) is 13.0 Å². The molecular formula is C19H14N2O3. The van der Waals surface area contributed by atoms with Crippen molar-refractivity contribution in [2.45, 2.75) is 13.0 Å². The molecule has 0 N–H and O–H groups in total. The van der Waals surface area contributed by atoms with Crippen molar-refractivity contribution in [1.82, 2.24) is 5.16 Å². The van der Waals surface area contributed by atoms with E-state index in [-0.39, 0.29) is 5.91 Å². The highest BCUT2D eigenvalue weighted by molar-refractivity contribution is 6.07. The zero-order valence-corrected chi connectivity index (χ0v) is 12.9. The van der Waals surface area contributed by atoms with Gasteiger partial charge in [-0.2, -0.15) is 0 Å². The molecule has 0 aliphatic carbocycles. The topological polar surface area (TPSA) is 55.6 Å². The standard InChI is InChI=1S/C19H14N2O3/c22-19(21-10-9-12-5-1-3-7-15(12)21)17-14-11-23-16-8-4-2-6-13(16)18(14)24-20-17/h1-8H,9-11H2. The number of fused-ring (bicyclic) bond motifs is 4. The van der Waals surface area contributed by atoms with Crippen molar-refractivity contribution in [2.75, 3.05) is 11.4 Å². The van der Waals surface area contributed by atoms with E-state index in [4.69, 9.17) is 9.26 Å². The van der Waals surface area contributed by atoms with E-state index in [0.29, 0.717) is 24.6 Å². The summed E-state index contributed by atoms with van der Waals surface area (Å²) in [7, 11) is 0. The zero-order valence-electron chi connectivity index (χ0n) is 12.9. The molecule has 0 bridgehead atoms. The largest absolute Gasteiger partial charge is 0.488 e. The second kappa shape index (κ2) is 4.96. The third-order valence-corrected chi connectivity index (χ3v) is 4.63. The van der Waals surface area contributed by atoms with Crippen molar-refractivity contribution in [3.63, 3.8) is 0 Å². The zero-order chi connectivity index (χ0) is 16.1. The van der Waals surface area contributed by atoms with Gasteiger partial charge in [0.15, 0.2) is 11.5 Å². The van der Waals surface area contributed by atoms with Crippen molar-refractivity contribution < 1.29 is 14.1 Å².